The van der Waals surface area contributed by atoms with Crippen LogP contribution in [-0.4, -0.2) is 68.5 Å². The molecule has 4 rings (SSSR count). The van der Waals surface area contributed by atoms with Crippen molar-refractivity contribution in [2.75, 3.05) is 67.7 Å². The predicted octanol–water partition coefficient (Wildman–Crippen LogP) is 2.39. The minimum absolute atomic E-state index is 0.110. The van der Waals surface area contributed by atoms with Crippen molar-refractivity contribution in [3.8, 4) is 0 Å². The molecule has 11 heteroatoms. The Kier molecular flexibility index (Phi) is 7.33. The molecule has 2 aromatic carbocycles. The summed E-state index contributed by atoms with van der Waals surface area (Å²) in [6.45, 7) is 5.34. The van der Waals surface area contributed by atoms with Gasteiger partial charge in [-0.3, -0.25) is 20.2 Å². The first-order chi connectivity index (χ1) is 16.0. The van der Waals surface area contributed by atoms with Gasteiger partial charge >= 0.3 is 0 Å². The van der Waals surface area contributed by atoms with Gasteiger partial charge in [0.2, 0.25) is 0 Å². The highest BCUT2D eigenvalue weighted by atomic mass is 32.1. The van der Waals surface area contributed by atoms with E-state index in [0.717, 1.165) is 24.5 Å². The molecule has 2 fully saturated rings. The van der Waals surface area contributed by atoms with Gasteiger partial charge in [-0.15, -0.1) is 0 Å². The van der Waals surface area contributed by atoms with E-state index in [-0.39, 0.29) is 16.4 Å². The maximum atomic E-state index is 13.0. The summed E-state index contributed by atoms with van der Waals surface area (Å²) in [5.74, 6) is -0.511. The number of amides is 1. The number of benzene rings is 2. The van der Waals surface area contributed by atoms with Crippen molar-refractivity contribution in [2.45, 2.75) is 0 Å². The fourth-order valence-corrected chi connectivity index (χ4v) is 4.02. The fraction of sp³-hybridized carbons (Fsp3) is 0.364. The van der Waals surface area contributed by atoms with Crippen molar-refractivity contribution in [3.63, 3.8) is 0 Å². The molecule has 2 saturated heterocycles. The minimum atomic E-state index is -0.521. The molecule has 0 radical (unpaired) electrons. The molecule has 2 aliphatic heterocycles. The summed E-state index contributed by atoms with van der Waals surface area (Å²) >= 11 is 5.32. The number of nitro groups is 1. The number of ether oxygens (including phenoxy) is 2. The Bertz CT molecular complexity index is 1020. The van der Waals surface area contributed by atoms with Gasteiger partial charge in [0.25, 0.3) is 11.6 Å². The summed E-state index contributed by atoms with van der Waals surface area (Å²) in [5, 5.41) is 17.0. The van der Waals surface area contributed by atoms with Gasteiger partial charge in [0, 0.05) is 49.7 Å². The van der Waals surface area contributed by atoms with Gasteiger partial charge in [-0.25, -0.2) is 0 Å². The number of morpholine rings is 2. The van der Waals surface area contributed by atoms with E-state index in [1.807, 2.05) is 29.2 Å². The first kappa shape index (κ1) is 22.9. The molecular weight excluding hydrogens is 446 g/mol. The van der Waals surface area contributed by atoms with Gasteiger partial charge in [0.05, 0.1) is 42.6 Å². The van der Waals surface area contributed by atoms with Crippen LogP contribution in [0.25, 0.3) is 0 Å². The SMILES string of the molecule is O=C(NC(=S)Nc1ccc(N2CCOCC2)cc1)c1cc([N+](=O)[O-])ccc1N1CCOCC1. The van der Waals surface area contributed by atoms with Gasteiger partial charge in [-0.2, -0.15) is 0 Å². The van der Waals surface area contributed by atoms with Crippen LogP contribution >= 0.6 is 12.2 Å². The van der Waals surface area contributed by atoms with Crippen molar-refractivity contribution in [2.24, 2.45) is 0 Å². The molecule has 2 N–H and O–H groups in total. The zero-order valence-corrected chi connectivity index (χ0v) is 18.8. The number of nitrogens with zero attached hydrogens (tertiary/aromatic N) is 3. The highest BCUT2D eigenvalue weighted by molar-refractivity contribution is 7.80. The molecule has 0 aromatic heterocycles. The van der Waals surface area contributed by atoms with Crippen LogP contribution in [0.15, 0.2) is 42.5 Å². The molecule has 0 saturated carbocycles. The van der Waals surface area contributed by atoms with Crippen LogP contribution < -0.4 is 20.4 Å². The van der Waals surface area contributed by atoms with Crippen LogP contribution in [0.3, 0.4) is 0 Å². The van der Waals surface area contributed by atoms with Crippen molar-refractivity contribution in [1.82, 2.24) is 5.32 Å². The van der Waals surface area contributed by atoms with Crippen LogP contribution in [-0.2, 0) is 9.47 Å². The molecule has 2 heterocycles. The van der Waals surface area contributed by atoms with Crippen molar-refractivity contribution >= 4 is 46.0 Å². The van der Waals surface area contributed by atoms with Crippen LogP contribution in [0.2, 0.25) is 0 Å². The number of non-ortho nitro benzene ring substituents is 1. The molecule has 0 atom stereocenters. The van der Waals surface area contributed by atoms with Crippen LogP contribution in [0.4, 0.5) is 22.7 Å². The Labute approximate surface area is 196 Å². The number of nitrogens with one attached hydrogen (secondary N) is 2. The van der Waals surface area contributed by atoms with E-state index in [1.54, 1.807) is 6.07 Å². The highest BCUT2D eigenvalue weighted by Gasteiger charge is 2.22. The number of carbonyl (C=O) groups excluding carboxylic acids is 1. The second-order valence-electron chi connectivity index (χ2n) is 7.61. The standard InChI is InChI=1S/C22H25N5O5S/c28-21(19-15-18(27(29)30)5-6-20(19)26-9-13-32-14-10-26)24-22(33)23-16-1-3-17(4-2-16)25-7-11-31-12-8-25/h1-6,15H,7-14H2,(H2,23,24,28,33). The predicted molar refractivity (Wildman–Crippen MR) is 129 cm³/mol. The monoisotopic (exact) mass is 471 g/mol. The second-order valence-corrected chi connectivity index (χ2v) is 8.02. The third kappa shape index (κ3) is 5.75. The van der Waals surface area contributed by atoms with Gasteiger partial charge in [0.1, 0.15) is 0 Å². The molecule has 0 bridgehead atoms. The maximum absolute atomic E-state index is 13.0. The van der Waals surface area contributed by atoms with E-state index in [2.05, 4.69) is 15.5 Å². The van der Waals surface area contributed by atoms with E-state index in [4.69, 9.17) is 21.7 Å². The molecule has 33 heavy (non-hydrogen) atoms. The summed E-state index contributed by atoms with van der Waals surface area (Å²) < 4.78 is 10.8. The summed E-state index contributed by atoms with van der Waals surface area (Å²) in [4.78, 5) is 28.0. The number of thiocarbonyl (C=S) groups is 1. The lowest BCUT2D eigenvalue weighted by molar-refractivity contribution is -0.384. The highest BCUT2D eigenvalue weighted by Crippen LogP contribution is 2.26. The van der Waals surface area contributed by atoms with E-state index >= 15 is 0 Å². The zero-order valence-electron chi connectivity index (χ0n) is 18.0. The van der Waals surface area contributed by atoms with Gasteiger partial charge in [-0.1, -0.05) is 0 Å². The smallest absolute Gasteiger partial charge is 0.270 e. The van der Waals surface area contributed by atoms with Gasteiger partial charge < -0.3 is 24.6 Å². The van der Waals surface area contributed by atoms with Crippen LogP contribution in [0, 0.1) is 10.1 Å². The van der Waals surface area contributed by atoms with Crippen LogP contribution in [0.1, 0.15) is 10.4 Å². The quantitative estimate of drug-likeness (QED) is 0.386. The average molecular weight is 472 g/mol. The summed E-state index contributed by atoms with van der Waals surface area (Å²) in [6, 6.07) is 12.0. The first-order valence-corrected chi connectivity index (χ1v) is 11.1. The van der Waals surface area contributed by atoms with Crippen molar-refractivity contribution in [1.29, 1.82) is 0 Å². The number of rotatable bonds is 5. The molecular formula is C22H25N5O5S. The number of hydrogen-bond donors (Lipinski definition) is 2. The lowest BCUT2D eigenvalue weighted by atomic mass is 10.1. The largest absolute Gasteiger partial charge is 0.378 e. The fourth-order valence-electron chi connectivity index (χ4n) is 3.81. The normalized spacial score (nSPS) is 16.2. The maximum Gasteiger partial charge on any atom is 0.270 e. The summed E-state index contributed by atoms with van der Waals surface area (Å²) in [6.07, 6.45) is 0. The molecule has 10 nitrogen and oxygen atoms in total. The molecule has 2 aliphatic rings. The third-order valence-corrected chi connectivity index (χ3v) is 5.72. The minimum Gasteiger partial charge on any atom is -0.378 e. The molecule has 0 unspecified atom stereocenters. The van der Waals surface area contributed by atoms with E-state index < -0.39 is 10.8 Å². The van der Waals surface area contributed by atoms with E-state index in [1.165, 1.54) is 12.1 Å². The number of hydrogen-bond acceptors (Lipinski definition) is 8. The Balaban J connectivity index is 1.44. The average Bonchev–Trinajstić information content (AvgIpc) is 2.85. The number of anilines is 3. The molecule has 1 amide bonds. The second kappa shape index (κ2) is 10.6. The molecule has 174 valence electrons. The lowest BCUT2D eigenvalue weighted by Crippen LogP contribution is -2.39. The van der Waals surface area contributed by atoms with Gasteiger partial charge in [0.15, 0.2) is 5.11 Å². The Morgan fingerprint density at radius 1 is 0.939 bits per heavy atom. The zero-order chi connectivity index (χ0) is 23.2. The summed E-state index contributed by atoms with van der Waals surface area (Å²) in [5.41, 5.74) is 2.46. The lowest BCUT2D eigenvalue weighted by Gasteiger charge is -2.30. The van der Waals surface area contributed by atoms with Crippen molar-refractivity contribution < 1.29 is 19.2 Å². The third-order valence-electron chi connectivity index (χ3n) is 5.52. The number of carbonyl (C=O) groups is 1. The summed E-state index contributed by atoms with van der Waals surface area (Å²) in [7, 11) is 0. The van der Waals surface area contributed by atoms with E-state index in [9.17, 15) is 14.9 Å². The molecule has 2 aromatic rings. The number of nitro benzene ring substituents is 1. The Morgan fingerprint density at radius 2 is 1.55 bits per heavy atom. The molecule has 0 aliphatic carbocycles. The molecule has 0 spiro atoms. The van der Waals surface area contributed by atoms with E-state index in [0.29, 0.717) is 45.2 Å². The Hall–Kier alpha value is -3.28. The van der Waals surface area contributed by atoms with Crippen LogP contribution in [0.5, 0.6) is 0 Å². The van der Waals surface area contributed by atoms with Crippen molar-refractivity contribution in [3.05, 3.63) is 58.1 Å². The Morgan fingerprint density at radius 3 is 2.15 bits per heavy atom. The topological polar surface area (TPSA) is 109 Å². The first-order valence-electron chi connectivity index (χ1n) is 10.7. The van der Waals surface area contributed by atoms with Gasteiger partial charge in [-0.05, 0) is 42.5 Å².